The molecule has 2 saturated heterocycles. The fraction of sp³-hybridized carbons (Fsp3) is 0.636. The molecule has 1 N–H and O–H groups in total. The van der Waals surface area contributed by atoms with E-state index in [0.717, 1.165) is 12.8 Å². The van der Waals surface area contributed by atoms with Gasteiger partial charge < -0.3 is 15.0 Å². The monoisotopic (exact) mass is 224 g/mol. The Labute approximate surface area is 94.4 Å². The van der Waals surface area contributed by atoms with E-state index in [1.165, 1.54) is 6.08 Å². The van der Waals surface area contributed by atoms with Gasteiger partial charge in [-0.15, -0.1) is 0 Å². The molecular formula is C11H16N2O3. The van der Waals surface area contributed by atoms with Crippen LogP contribution in [0, 0.1) is 0 Å². The van der Waals surface area contributed by atoms with Crippen LogP contribution in [0.15, 0.2) is 12.7 Å². The van der Waals surface area contributed by atoms with Crippen molar-refractivity contribution < 1.29 is 14.3 Å². The van der Waals surface area contributed by atoms with E-state index in [4.69, 9.17) is 4.74 Å². The molecule has 0 saturated carbocycles. The zero-order chi connectivity index (χ0) is 11.6. The topological polar surface area (TPSA) is 58.6 Å². The highest BCUT2D eigenvalue weighted by Gasteiger charge is 2.39. The Morgan fingerprint density at radius 3 is 2.69 bits per heavy atom. The number of morpholine rings is 1. The minimum absolute atomic E-state index is 0.0327. The molecule has 1 spiro atoms. The second-order valence-corrected chi connectivity index (χ2v) is 4.28. The predicted octanol–water partition coefficient (Wildman–Crippen LogP) is -0.320. The quantitative estimate of drug-likeness (QED) is 0.621. The normalized spacial score (nSPS) is 24.0. The number of hydrogen-bond acceptors (Lipinski definition) is 3. The lowest BCUT2D eigenvalue weighted by Gasteiger charge is -2.43. The number of carbonyl (C=O) groups excluding carboxylic acids is 2. The van der Waals surface area contributed by atoms with Crippen LogP contribution in [-0.4, -0.2) is 48.6 Å². The van der Waals surface area contributed by atoms with Crippen molar-refractivity contribution in [3.63, 3.8) is 0 Å². The van der Waals surface area contributed by atoms with Crippen LogP contribution in [0.2, 0.25) is 0 Å². The summed E-state index contributed by atoms with van der Waals surface area (Å²) in [6, 6.07) is 0. The molecule has 0 unspecified atom stereocenters. The van der Waals surface area contributed by atoms with Gasteiger partial charge in [-0.2, -0.15) is 0 Å². The number of piperidine rings is 1. The van der Waals surface area contributed by atoms with Crippen LogP contribution in [0.4, 0.5) is 0 Å². The fourth-order valence-corrected chi connectivity index (χ4v) is 2.17. The highest BCUT2D eigenvalue weighted by molar-refractivity contribution is 5.87. The van der Waals surface area contributed by atoms with E-state index in [-0.39, 0.29) is 24.0 Å². The first kappa shape index (κ1) is 11.1. The zero-order valence-electron chi connectivity index (χ0n) is 9.20. The van der Waals surface area contributed by atoms with E-state index in [9.17, 15) is 9.59 Å². The zero-order valence-corrected chi connectivity index (χ0v) is 9.20. The summed E-state index contributed by atoms with van der Waals surface area (Å²) >= 11 is 0. The van der Waals surface area contributed by atoms with Crippen LogP contribution in [0.3, 0.4) is 0 Å². The van der Waals surface area contributed by atoms with Gasteiger partial charge in [0, 0.05) is 19.6 Å². The van der Waals surface area contributed by atoms with Crippen molar-refractivity contribution in [2.75, 3.05) is 26.2 Å². The first-order valence-electron chi connectivity index (χ1n) is 5.47. The summed E-state index contributed by atoms with van der Waals surface area (Å²) in [6.07, 6.45) is 2.88. The van der Waals surface area contributed by atoms with E-state index in [2.05, 4.69) is 11.9 Å². The highest BCUT2D eigenvalue weighted by atomic mass is 16.5. The fourth-order valence-electron chi connectivity index (χ4n) is 2.17. The number of rotatable bonds is 1. The van der Waals surface area contributed by atoms with E-state index >= 15 is 0 Å². The minimum atomic E-state index is -0.258. The summed E-state index contributed by atoms with van der Waals surface area (Å²) in [7, 11) is 0. The molecule has 0 aromatic heterocycles. The van der Waals surface area contributed by atoms with E-state index in [1.807, 2.05) is 0 Å². The smallest absolute Gasteiger partial charge is 0.246 e. The summed E-state index contributed by atoms with van der Waals surface area (Å²) in [5.41, 5.74) is -0.258. The van der Waals surface area contributed by atoms with E-state index in [1.54, 1.807) is 4.90 Å². The lowest BCUT2D eigenvalue weighted by molar-refractivity contribution is -0.153. The molecule has 0 atom stereocenters. The number of nitrogens with one attached hydrogen (secondary N) is 1. The molecule has 0 aliphatic carbocycles. The Balaban J connectivity index is 1.91. The van der Waals surface area contributed by atoms with Gasteiger partial charge in [-0.25, -0.2) is 0 Å². The van der Waals surface area contributed by atoms with Crippen LogP contribution in [0.5, 0.6) is 0 Å². The summed E-state index contributed by atoms with van der Waals surface area (Å²) < 4.78 is 5.60. The third kappa shape index (κ3) is 2.09. The average Bonchev–Trinajstić information content (AvgIpc) is 2.33. The standard InChI is InChI=1S/C11H16N2O3/c1-2-10(15)13-5-3-11(4-6-13)8-12-9(14)7-16-11/h2H,1,3-8H2,(H,12,14). The van der Waals surface area contributed by atoms with Crippen molar-refractivity contribution in [3.8, 4) is 0 Å². The van der Waals surface area contributed by atoms with Gasteiger partial charge in [0.05, 0.1) is 5.60 Å². The maximum absolute atomic E-state index is 11.4. The summed E-state index contributed by atoms with van der Waals surface area (Å²) in [5.74, 6) is -0.0927. The summed E-state index contributed by atoms with van der Waals surface area (Å²) in [6.45, 7) is 5.50. The molecule has 5 nitrogen and oxygen atoms in total. The van der Waals surface area contributed by atoms with Gasteiger partial charge in [-0.05, 0) is 18.9 Å². The number of carbonyl (C=O) groups is 2. The molecule has 2 fully saturated rings. The van der Waals surface area contributed by atoms with Gasteiger partial charge in [0.15, 0.2) is 0 Å². The van der Waals surface area contributed by atoms with Gasteiger partial charge in [0.2, 0.25) is 11.8 Å². The van der Waals surface area contributed by atoms with Crippen molar-refractivity contribution in [1.82, 2.24) is 10.2 Å². The van der Waals surface area contributed by atoms with E-state index in [0.29, 0.717) is 19.6 Å². The molecule has 16 heavy (non-hydrogen) atoms. The van der Waals surface area contributed by atoms with Crippen LogP contribution in [0.1, 0.15) is 12.8 Å². The largest absolute Gasteiger partial charge is 0.363 e. The highest BCUT2D eigenvalue weighted by Crippen LogP contribution is 2.27. The summed E-state index contributed by atoms with van der Waals surface area (Å²) in [5, 5.41) is 2.81. The third-order valence-corrected chi connectivity index (χ3v) is 3.28. The SMILES string of the molecule is C=CC(=O)N1CCC2(CC1)CNC(=O)CO2. The van der Waals surface area contributed by atoms with Gasteiger partial charge in [-0.1, -0.05) is 6.58 Å². The second-order valence-electron chi connectivity index (χ2n) is 4.28. The van der Waals surface area contributed by atoms with Crippen LogP contribution in [-0.2, 0) is 14.3 Å². The molecule has 0 bridgehead atoms. The van der Waals surface area contributed by atoms with Gasteiger partial charge >= 0.3 is 0 Å². The second kappa shape index (κ2) is 4.25. The van der Waals surface area contributed by atoms with Crippen molar-refractivity contribution >= 4 is 11.8 Å². The minimum Gasteiger partial charge on any atom is -0.363 e. The number of nitrogens with zero attached hydrogens (tertiary/aromatic N) is 1. The molecule has 0 radical (unpaired) electrons. The van der Waals surface area contributed by atoms with Crippen LogP contribution >= 0.6 is 0 Å². The molecule has 0 aromatic carbocycles. The van der Waals surface area contributed by atoms with Crippen molar-refractivity contribution in [2.45, 2.75) is 18.4 Å². The van der Waals surface area contributed by atoms with Crippen molar-refractivity contribution in [1.29, 1.82) is 0 Å². The lowest BCUT2D eigenvalue weighted by Crippen LogP contribution is -2.57. The van der Waals surface area contributed by atoms with Crippen LogP contribution in [0.25, 0.3) is 0 Å². The average molecular weight is 224 g/mol. The Morgan fingerprint density at radius 2 is 2.19 bits per heavy atom. The number of ether oxygens (including phenoxy) is 1. The molecule has 88 valence electrons. The molecule has 2 aliphatic heterocycles. The lowest BCUT2D eigenvalue weighted by atomic mass is 9.90. The number of likely N-dealkylation sites (tertiary alicyclic amines) is 1. The molecule has 0 aromatic rings. The van der Waals surface area contributed by atoms with Gasteiger partial charge in [0.25, 0.3) is 0 Å². The Hall–Kier alpha value is -1.36. The summed E-state index contributed by atoms with van der Waals surface area (Å²) in [4.78, 5) is 24.1. The molecule has 2 heterocycles. The first-order chi connectivity index (χ1) is 7.65. The molecule has 2 amide bonds. The predicted molar refractivity (Wildman–Crippen MR) is 57.7 cm³/mol. The number of amides is 2. The Bertz CT molecular complexity index is 307. The molecule has 5 heteroatoms. The van der Waals surface area contributed by atoms with Gasteiger partial charge in [0.1, 0.15) is 6.61 Å². The van der Waals surface area contributed by atoms with E-state index < -0.39 is 0 Å². The Morgan fingerprint density at radius 1 is 1.50 bits per heavy atom. The molecule has 2 rings (SSSR count). The molecule has 2 aliphatic rings. The van der Waals surface area contributed by atoms with Crippen LogP contribution < -0.4 is 5.32 Å². The van der Waals surface area contributed by atoms with Crippen molar-refractivity contribution in [3.05, 3.63) is 12.7 Å². The van der Waals surface area contributed by atoms with Gasteiger partial charge in [-0.3, -0.25) is 9.59 Å². The van der Waals surface area contributed by atoms with Crippen molar-refractivity contribution in [2.24, 2.45) is 0 Å². The maximum atomic E-state index is 11.4. The molecular weight excluding hydrogens is 208 g/mol. The third-order valence-electron chi connectivity index (χ3n) is 3.28. The Kier molecular flexibility index (Phi) is 2.96. The maximum Gasteiger partial charge on any atom is 0.246 e. The first-order valence-corrected chi connectivity index (χ1v) is 5.47. The number of hydrogen-bond donors (Lipinski definition) is 1.